The number of halogens is 5. The van der Waals surface area contributed by atoms with Crippen LogP contribution in [0.25, 0.3) is 0 Å². The van der Waals surface area contributed by atoms with E-state index in [1.807, 2.05) is 0 Å². The fourth-order valence-electron chi connectivity index (χ4n) is 3.67. The molecule has 0 bridgehead atoms. The standard InChI is InChI=1S/C19H25BF3NO3.2ClH/c1-2-3-7-17(18(25)27-20)15-8-10-24(11-9-15)13-14-5-4-6-16(12-14)26-19(21,22)23;;/h4-6,12,15,17H,2-3,7-11,13H2,1H3;2*1H. The van der Waals surface area contributed by atoms with E-state index >= 15 is 0 Å². The Labute approximate surface area is 183 Å². The third-order valence-electron chi connectivity index (χ3n) is 5.03. The molecule has 1 atom stereocenters. The summed E-state index contributed by atoms with van der Waals surface area (Å²) < 4.78 is 45.5. The zero-order chi connectivity index (χ0) is 19.9. The normalized spacial score (nSPS) is 16.3. The molecule has 0 spiro atoms. The van der Waals surface area contributed by atoms with Gasteiger partial charge in [0.2, 0.25) is 0 Å². The molecule has 0 aliphatic carbocycles. The van der Waals surface area contributed by atoms with Gasteiger partial charge >= 0.3 is 14.4 Å². The molecule has 1 aromatic carbocycles. The van der Waals surface area contributed by atoms with Gasteiger partial charge in [-0.05, 0) is 56.0 Å². The van der Waals surface area contributed by atoms with E-state index in [1.54, 1.807) is 12.1 Å². The molecule has 1 fully saturated rings. The summed E-state index contributed by atoms with van der Waals surface area (Å²) in [5.74, 6) is -0.511. The van der Waals surface area contributed by atoms with Gasteiger partial charge in [-0.15, -0.1) is 38.0 Å². The molecule has 1 unspecified atom stereocenters. The van der Waals surface area contributed by atoms with Crippen molar-refractivity contribution in [2.75, 3.05) is 13.1 Å². The molecule has 0 aromatic heterocycles. The van der Waals surface area contributed by atoms with Crippen LogP contribution in [0.4, 0.5) is 13.2 Å². The largest absolute Gasteiger partial charge is 0.573 e. The molecule has 1 heterocycles. The van der Waals surface area contributed by atoms with Gasteiger partial charge in [0.05, 0.1) is 5.92 Å². The van der Waals surface area contributed by atoms with Crippen LogP contribution in [0.2, 0.25) is 0 Å². The zero-order valence-corrected chi connectivity index (χ0v) is 18.0. The highest BCUT2D eigenvalue weighted by atomic mass is 35.5. The van der Waals surface area contributed by atoms with Crippen molar-refractivity contribution in [1.29, 1.82) is 0 Å². The van der Waals surface area contributed by atoms with Crippen molar-refractivity contribution in [2.45, 2.75) is 51.9 Å². The fraction of sp³-hybridized carbons (Fsp3) is 0.632. The monoisotopic (exact) mass is 455 g/mol. The molecule has 2 rings (SSSR count). The maximum absolute atomic E-state index is 12.4. The number of likely N-dealkylation sites (tertiary alicyclic amines) is 1. The lowest BCUT2D eigenvalue weighted by Gasteiger charge is -2.35. The Hall–Kier alpha value is -1.12. The summed E-state index contributed by atoms with van der Waals surface area (Å²) in [5, 5.41) is 0. The highest BCUT2D eigenvalue weighted by Gasteiger charge is 2.32. The number of benzene rings is 1. The van der Waals surface area contributed by atoms with Crippen LogP contribution in [0, 0.1) is 11.8 Å². The maximum Gasteiger partial charge on any atom is 0.573 e. The molecule has 1 saturated heterocycles. The summed E-state index contributed by atoms with van der Waals surface area (Å²) in [7, 11) is 5.09. The molecule has 1 aliphatic rings. The molecule has 0 saturated carbocycles. The third-order valence-corrected chi connectivity index (χ3v) is 5.03. The molecule has 164 valence electrons. The van der Waals surface area contributed by atoms with Crippen LogP contribution in [0.15, 0.2) is 24.3 Å². The van der Waals surface area contributed by atoms with Crippen molar-refractivity contribution in [1.82, 2.24) is 4.90 Å². The number of nitrogens with zero attached hydrogens (tertiary/aromatic N) is 1. The van der Waals surface area contributed by atoms with E-state index in [2.05, 4.69) is 21.2 Å². The van der Waals surface area contributed by atoms with E-state index in [-0.39, 0.29) is 48.4 Å². The zero-order valence-electron chi connectivity index (χ0n) is 16.3. The average molecular weight is 456 g/mol. The number of piperidine rings is 1. The number of alkyl halides is 3. The smallest absolute Gasteiger partial charge is 0.543 e. The van der Waals surface area contributed by atoms with Crippen molar-refractivity contribution in [3.63, 3.8) is 0 Å². The molecular formula is C19H27BCl2F3NO3. The average Bonchev–Trinajstić information content (AvgIpc) is 2.62. The summed E-state index contributed by atoms with van der Waals surface area (Å²) in [5.41, 5.74) is 0.763. The van der Waals surface area contributed by atoms with Gasteiger partial charge in [0, 0.05) is 6.54 Å². The van der Waals surface area contributed by atoms with Gasteiger partial charge in [-0.25, -0.2) is 0 Å². The Morgan fingerprint density at radius 1 is 1.28 bits per heavy atom. The maximum atomic E-state index is 12.4. The molecular weight excluding hydrogens is 429 g/mol. The summed E-state index contributed by atoms with van der Waals surface area (Å²) in [6, 6.07) is 6.04. The first-order valence-corrected chi connectivity index (χ1v) is 9.30. The lowest BCUT2D eigenvalue weighted by atomic mass is 9.81. The van der Waals surface area contributed by atoms with E-state index in [9.17, 15) is 18.0 Å². The predicted octanol–water partition coefficient (Wildman–Crippen LogP) is 5.07. The van der Waals surface area contributed by atoms with Crippen LogP contribution in [-0.4, -0.2) is 38.4 Å². The molecule has 10 heteroatoms. The van der Waals surface area contributed by atoms with Crippen molar-refractivity contribution in [3.05, 3.63) is 29.8 Å². The predicted molar refractivity (Wildman–Crippen MR) is 110 cm³/mol. The number of carbonyl (C=O) groups is 1. The summed E-state index contributed by atoms with van der Waals surface area (Å²) >= 11 is 0. The minimum absolute atomic E-state index is 0. The van der Waals surface area contributed by atoms with Gasteiger partial charge in [-0.2, -0.15) is 0 Å². The highest BCUT2D eigenvalue weighted by Crippen LogP contribution is 2.31. The van der Waals surface area contributed by atoms with Crippen molar-refractivity contribution >= 4 is 38.8 Å². The molecule has 0 N–H and O–H groups in total. The van der Waals surface area contributed by atoms with E-state index in [0.29, 0.717) is 6.54 Å². The van der Waals surface area contributed by atoms with Crippen molar-refractivity contribution in [2.24, 2.45) is 11.8 Å². The number of hydrogen-bond donors (Lipinski definition) is 0. The quantitative estimate of drug-likeness (QED) is 0.512. The molecule has 1 aliphatic heterocycles. The van der Waals surface area contributed by atoms with E-state index in [1.165, 1.54) is 12.1 Å². The summed E-state index contributed by atoms with van der Waals surface area (Å²) in [6.07, 6.45) is -0.296. The van der Waals surface area contributed by atoms with Gasteiger partial charge < -0.3 is 9.39 Å². The Balaban J connectivity index is 0.00000392. The van der Waals surface area contributed by atoms with Crippen LogP contribution in [0.1, 0.15) is 44.6 Å². The molecule has 29 heavy (non-hydrogen) atoms. The van der Waals surface area contributed by atoms with Gasteiger partial charge in [0.1, 0.15) is 5.75 Å². The lowest BCUT2D eigenvalue weighted by Crippen LogP contribution is -2.38. The van der Waals surface area contributed by atoms with E-state index in [4.69, 9.17) is 8.05 Å². The minimum atomic E-state index is -4.69. The first kappa shape index (κ1) is 27.9. The van der Waals surface area contributed by atoms with Crippen LogP contribution in [-0.2, 0) is 16.0 Å². The first-order chi connectivity index (χ1) is 12.8. The Bertz CT molecular complexity index is 615. The van der Waals surface area contributed by atoms with Crippen LogP contribution < -0.4 is 4.74 Å². The second-order valence-corrected chi connectivity index (χ2v) is 6.99. The minimum Gasteiger partial charge on any atom is -0.543 e. The first-order valence-electron chi connectivity index (χ1n) is 9.30. The second-order valence-electron chi connectivity index (χ2n) is 6.99. The Morgan fingerprint density at radius 2 is 1.93 bits per heavy atom. The number of rotatable bonds is 8. The van der Waals surface area contributed by atoms with Gasteiger partial charge in [0.15, 0.2) is 0 Å². The number of ether oxygens (including phenoxy) is 1. The molecule has 4 nitrogen and oxygen atoms in total. The molecule has 0 amide bonds. The van der Waals surface area contributed by atoms with Gasteiger partial charge in [-0.3, -0.25) is 9.69 Å². The Morgan fingerprint density at radius 3 is 2.48 bits per heavy atom. The van der Waals surface area contributed by atoms with E-state index < -0.39 is 6.36 Å². The van der Waals surface area contributed by atoms with Crippen LogP contribution >= 0.6 is 24.8 Å². The summed E-state index contributed by atoms with van der Waals surface area (Å²) in [6.45, 7) is 4.16. The number of hydrogen-bond acceptors (Lipinski definition) is 4. The van der Waals surface area contributed by atoms with Gasteiger partial charge in [0.25, 0.3) is 5.97 Å². The number of carbonyl (C=O) groups excluding carboxylic acids is 1. The second kappa shape index (κ2) is 13.2. The van der Waals surface area contributed by atoms with Crippen molar-refractivity contribution < 1.29 is 27.4 Å². The van der Waals surface area contributed by atoms with Gasteiger partial charge in [-0.1, -0.05) is 31.9 Å². The highest BCUT2D eigenvalue weighted by molar-refractivity contribution is 6.05. The van der Waals surface area contributed by atoms with Crippen molar-refractivity contribution in [3.8, 4) is 5.75 Å². The fourth-order valence-corrected chi connectivity index (χ4v) is 3.67. The van der Waals surface area contributed by atoms with E-state index in [0.717, 1.165) is 50.8 Å². The van der Waals surface area contributed by atoms with Crippen LogP contribution in [0.3, 0.4) is 0 Å². The SMILES string of the molecule is Cl.Cl.[B]OC(=O)C(CCCC)C1CCN(Cc2cccc(OC(F)(F)F)c2)CC1. The van der Waals surface area contributed by atoms with Crippen LogP contribution in [0.5, 0.6) is 5.75 Å². The molecule has 1 aromatic rings. The number of unbranched alkanes of at least 4 members (excludes halogenated alkanes) is 1. The Kier molecular flexibility index (Phi) is 12.7. The lowest BCUT2D eigenvalue weighted by molar-refractivity contribution is -0.274. The molecule has 2 radical (unpaired) electrons. The topological polar surface area (TPSA) is 38.8 Å². The summed E-state index contributed by atoms with van der Waals surface area (Å²) in [4.78, 5) is 14.1. The third kappa shape index (κ3) is 9.49.